The van der Waals surface area contributed by atoms with E-state index >= 15 is 0 Å². The number of anilines is 1. The van der Waals surface area contributed by atoms with Crippen LogP contribution in [0.25, 0.3) is 0 Å². The molecule has 1 fully saturated rings. The molecule has 3 unspecified atom stereocenters. The molecule has 2 rings (SSSR count). The SMILES string of the molecule is CCOC1CC(Nc2c(Cl)cccc2C(F)(F)F)C1OC. The number of benzene rings is 1. The van der Waals surface area contributed by atoms with Gasteiger partial charge in [-0.1, -0.05) is 17.7 Å². The first-order chi connectivity index (χ1) is 9.88. The molecule has 1 saturated carbocycles. The van der Waals surface area contributed by atoms with E-state index in [0.717, 1.165) is 6.07 Å². The Labute approximate surface area is 126 Å². The van der Waals surface area contributed by atoms with Gasteiger partial charge >= 0.3 is 6.18 Å². The number of nitrogens with one attached hydrogen (secondary N) is 1. The highest BCUT2D eigenvalue weighted by Crippen LogP contribution is 2.40. The van der Waals surface area contributed by atoms with Gasteiger partial charge in [-0.3, -0.25) is 0 Å². The Morgan fingerprint density at radius 2 is 2.10 bits per heavy atom. The van der Waals surface area contributed by atoms with Crippen LogP contribution in [0.3, 0.4) is 0 Å². The highest BCUT2D eigenvalue weighted by molar-refractivity contribution is 6.33. The van der Waals surface area contributed by atoms with Crippen LogP contribution in [-0.4, -0.2) is 32.0 Å². The zero-order valence-corrected chi connectivity index (χ0v) is 12.5. The standard InChI is InChI=1S/C14H17ClF3NO2/c1-3-21-11-7-10(13(11)20-2)19-12-8(14(16,17)18)5-4-6-9(12)15/h4-6,10-11,13,19H,3,7H2,1-2H3. The van der Waals surface area contributed by atoms with Crippen LogP contribution in [0.2, 0.25) is 5.02 Å². The third-order valence-electron chi connectivity index (χ3n) is 3.55. The smallest absolute Gasteiger partial charge is 0.378 e. The van der Waals surface area contributed by atoms with E-state index in [0.29, 0.717) is 13.0 Å². The molecule has 1 N–H and O–H groups in total. The molecule has 1 aliphatic carbocycles. The van der Waals surface area contributed by atoms with E-state index in [9.17, 15) is 13.2 Å². The molecule has 0 radical (unpaired) electrons. The van der Waals surface area contributed by atoms with Crippen molar-refractivity contribution >= 4 is 17.3 Å². The minimum atomic E-state index is -4.46. The van der Waals surface area contributed by atoms with Gasteiger partial charge in [0.2, 0.25) is 0 Å². The van der Waals surface area contributed by atoms with Gasteiger partial charge in [0.05, 0.1) is 28.4 Å². The van der Waals surface area contributed by atoms with Crippen LogP contribution in [0.5, 0.6) is 0 Å². The Hall–Kier alpha value is -0.980. The summed E-state index contributed by atoms with van der Waals surface area (Å²) in [7, 11) is 1.52. The molecule has 0 bridgehead atoms. The van der Waals surface area contributed by atoms with Gasteiger partial charge in [-0.05, 0) is 25.5 Å². The van der Waals surface area contributed by atoms with Gasteiger partial charge in [-0.15, -0.1) is 0 Å². The zero-order chi connectivity index (χ0) is 15.6. The number of alkyl halides is 3. The summed E-state index contributed by atoms with van der Waals surface area (Å²) in [5, 5.41) is 2.90. The molecule has 118 valence electrons. The van der Waals surface area contributed by atoms with E-state index in [2.05, 4.69) is 5.32 Å². The third kappa shape index (κ3) is 3.44. The summed E-state index contributed by atoms with van der Waals surface area (Å²) in [6.45, 7) is 2.40. The summed E-state index contributed by atoms with van der Waals surface area (Å²) >= 11 is 5.91. The predicted octanol–water partition coefficient (Wildman–Crippen LogP) is 3.96. The maximum Gasteiger partial charge on any atom is 0.418 e. The number of rotatable bonds is 5. The summed E-state index contributed by atoms with van der Waals surface area (Å²) in [5.41, 5.74) is -0.877. The summed E-state index contributed by atoms with van der Waals surface area (Å²) in [6.07, 6.45) is -4.27. The van der Waals surface area contributed by atoms with Crippen molar-refractivity contribution in [3.63, 3.8) is 0 Å². The summed E-state index contributed by atoms with van der Waals surface area (Å²) in [6, 6.07) is 3.47. The third-order valence-corrected chi connectivity index (χ3v) is 3.87. The highest BCUT2D eigenvalue weighted by Gasteiger charge is 2.44. The lowest BCUT2D eigenvalue weighted by molar-refractivity contribution is -0.137. The fraction of sp³-hybridized carbons (Fsp3) is 0.571. The first-order valence-electron chi connectivity index (χ1n) is 6.65. The molecule has 0 saturated heterocycles. The van der Waals surface area contributed by atoms with E-state index in [-0.39, 0.29) is 29.0 Å². The topological polar surface area (TPSA) is 30.5 Å². The van der Waals surface area contributed by atoms with Crippen molar-refractivity contribution in [1.29, 1.82) is 0 Å². The summed E-state index contributed by atoms with van der Waals surface area (Å²) in [4.78, 5) is 0. The van der Waals surface area contributed by atoms with Gasteiger partial charge in [0, 0.05) is 13.7 Å². The van der Waals surface area contributed by atoms with Crippen molar-refractivity contribution in [3.05, 3.63) is 28.8 Å². The molecule has 0 aromatic heterocycles. The Kier molecular flexibility index (Phi) is 5.01. The lowest BCUT2D eigenvalue weighted by Crippen LogP contribution is -2.57. The molecule has 1 aromatic rings. The number of hydrogen-bond acceptors (Lipinski definition) is 3. The van der Waals surface area contributed by atoms with Crippen molar-refractivity contribution < 1.29 is 22.6 Å². The molecule has 0 amide bonds. The van der Waals surface area contributed by atoms with Gasteiger partial charge in [-0.2, -0.15) is 13.2 Å². The van der Waals surface area contributed by atoms with Crippen molar-refractivity contribution in [2.75, 3.05) is 19.0 Å². The summed E-state index contributed by atoms with van der Waals surface area (Å²) in [5.74, 6) is 0. The van der Waals surface area contributed by atoms with Crippen LogP contribution in [0, 0.1) is 0 Å². The van der Waals surface area contributed by atoms with Gasteiger partial charge < -0.3 is 14.8 Å². The fourth-order valence-corrected chi connectivity index (χ4v) is 2.74. The van der Waals surface area contributed by atoms with Crippen LogP contribution in [0.1, 0.15) is 18.9 Å². The van der Waals surface area contributed by atoms with Gasteiger partial charge in [-0.25, -0.2) is 0 Å². The lowest BCUT2D eigenvalue weighted by atomic mass is 9.84. The van der Waals surface area contributed by atoms with E-state index in [1.54, 1.807) is 0 Å². The Bertz CT molecular complexity index is 496. The second-order valence-electron chi connectivity index (χ2n) is 4.84. The largest absolute Gasteiger partial charge is 0.418 e. The number of methoxy groups -OCH3 is 1. The van der Waals surface area contributed by atoms with E-state index in [4.69, 9.17) is 21.1 Å². The quantitative estimate of drug-likeness (QED) is 0.889. The normalized spacial score (nSPS) is 25.5. The number of ether oxygens (including phenoxy) is 2. The van der Waals surface area contributed by atoms with Crippen molar-refractivity contribution in [2.24, 2.45) is 0 Å². The minimum absolute atomic E-state index is 0.0412. The second-order valence-corrected chi connectivity index (χ2v) is 5.25. The van der Waals surface area contributed by atoms with E-state index < -0.39 is 11.7 Å². The number of halogens is 4. The molecule has 21 heavy (non-hydrogen) atoms. The van der Waals surface area contributed by atoms with Crippen LogP contribution in [0.4, 0.5) is 18.9 Å². The second kappa shape index (κ2) is 6.42. The molecule has 1 aromatic carbocycles. The number of hydrogen-bond donors (Lipinski definition) is 1. The molecule has 7 heteroatoms. The minimum Gasteiger partial charge on any atom is -0.378 e. The van der Waals surface area contributed by atoms with Crippen molar-refractivity contribution in [2.45, 2.75) is 37.8 Å². The molecule has 0 aliphatic heterocycles. The average Bonchev–Trinajstić information content (AvgIpc) is 2.38. The van der Waals surface area contributed by atoms with Gasteiger partial charge in [0.15, 0.2) is 0 Å². The molecule has 0 spiro atoms. The summed E-state index contributed by atoms with van der Waals surface area (Å²) < 4.78 is 49.8. The Morgan fingerprint density at radius 3 is 2.67 bits per heavy atom. The van der Waals surface area contributed by atoms with Crippen LogP contribution < -0.4 is 5.32 Å². The van der Waals surface area contributed by atoms with Crippen LogP contribution in [-0.2, 0) is 15.7 Å². The van der Waals surface area contributed by atoms with Crippen molar-refractivity contribution in [3.8, 4) is 0 Å². The molecule has 3 atom stereocenters. The van der Waals surface area contributed by atoms with Crippen LogP contribution >= 0.6 is 11.6 Å². The lowest BCUT2D eigenvalue weighted by Gasteiger charge is -2.44. The fourth-order valence-electron chi connectivity index (χ4n) is 2.51. The van der Waals surface area contributed by atoms with Crippen molar-refractivity contribution in [1.82, 2.24) is 0 Å². The Morgan fingerprint density at radius 1 is 1.38 bits per heavy atom. The number of para-hydroxylation sites is 1. The van der Waals surface area contributed by atoms with E-state index in [1.807, 2.05) is 6.92 Å². The predicted molar refractivity (Wildman–Crippen MR) is 74.7 cm³/mol. The first-order valence-corrected chi connectivity index (χ1v) is 7.03. The highest BCUT2D eigenvalue weighted by atomic mass is 35.5. The van der Waals surface area contributed by atoms with Crippen LogP contribution in [0.15, 0.2) is 18.2 Å². The Balaban J connectivity index is 2.17. The molecule has 3 nitrogen and oxygen atoms in total. The molecular formula is C14H17ClF3NO2. The first kappa shape index (κ1) is 16.4. The molecular weight excluding hydrogens is 307 g/mol. The zero-order valence-electron chi connectivity index (χ0n) is 11.7. The molecule has 0 heterocycles. The van der Waals surface area contributed by atoms with Gasteiger partial charge in [0.25, 0.3) is 0 Å². The monoisotopic (exact) mass is 323 g/mol. The van der Waals surface area contributed by atoms with E-state index in [1.165, 1.54) is 19.2 Å². The molecule has 1 aliphatic rings. The maximum atomic E-state index is 13.0. The maximum absolute atomic E-state index is 13.0. The van der Waals surface area contributed by atoms with Gasteiger partial charge in [0.1, 0.15) is 6.10 Å². The average molecular weight is 324 g/mol.